The van der Waals surface area contributed by atoms with Gasteiger partial charge in [0, 0.05) is 24.9 Å². The van der Waals surface area contributed by atoms with Crippen LogP contribution in [0.3, 0.4) is 0 Å². The number of carbonyl (C=O) groups is 1. The van der Waals surface area contributed by atoms with Gasteiger partial charge in [0.1, 0.15) is 5.60 Å². The summed E-state index contributed by atoms with van der Waals surface area (Å²) in [5.41, 5.74) is 6.10. The standard InChI is InChI=1S/C14H19N3O3/c1-14(8-3-9-20-14)13(18)17(2)11-6-4-10(5-7-11)12(15)16-19/h4-7,19H,3,8-9H2,1-2H3,(H2,15,16). The summed E-state index contributed by atoms with van der Waals surface area (Å²) in [5, 5.41) is 11.6. The summed E-state index contributed by atoms with van der Waals surface area (Å²) in [4.78, 5) is 14.0. The molecule has 1 heterocycles. The normalized spacial score (nSPS) is 22.8. The Morgan fingerprint density at radius 2 is 2.10 bits per heavy atom. The Kier molecular flexibility index (Phi) is 3.94. The predicted octanol–water partition coefficient (Wildman–Crippen LogP) is 1.31. The van der Waals surface area contributed by atoms with Crippen LogP contribution >= 0.6 is 0 Å². The zero-order valence-corrected chi connectivity index (χ0v) is 11.7. The third-order valence-electron chi connectivity index (χ3n) is 3.63. The topological polar surface area (TPSA) is 88.2 Å². The first-order chi connectivity index (χ1) is 9.48. The highest BCUT2D eigenvalue weighted by atomic mass is 16.5. The van der Waals surface area contributed by atoms with E-state index >= 15 is 0 Å². The van der Waals surface area contributed by atoms with Crippen molar-refractivity contribution >= 4 is 17.4 Å². The Bertz CT molecular complexity index is 519. The van der Waals surface area contributed by atoms with E-state index in [2.05, 4.69) is 5.16 Å². The van der Waals surface area contributed by atoms with E-state index in [0.29, 0.717) is 12.2 Å². The number of carbonyl (C=O) groups excluding carboxylic acids is 1. The van der Waals surface area contributed by atoms with E-state index in [4.69, 9.17) is 15.7 Å². The molecule has 1 fully saturated rings. The average Bonchev–Trinajstić information content (AvgIpc) is 2.93. The second kappa shape index (κ2) is 5.50. The molecular weight excluding hydrogens is 258 g/mol. The van der Waals surface area contributed by atoms with Gasteiger partial charge in [-0.15, -0.1) is 0 Å². The summed E-state index contributed by atoms with van der Waals surface area (Å²) in [6.45, 7) is 2.45. The Hall–Kier alpha value is -2.08. The lowest BCUT2D eigenvalue weighted by atomic mass is 10.0. The number of hydrogen-bond acceptors (Lipinski definition) is 4. The second-order valence-electron chi connectivity index (χ2n) is 5.08. The first kappa shape index (κ1) is 14.3. The number of amides is 1. The molecule has 1 aromatic carbocycles. The lowest BCUT2D eigenvalue weighted by molar-refractivity contribution is -0.136. The molecule has 3 N–H and O–H groups in total. The average molecular weight is 277 g/mol. The highest BCUT2D eigenvalue weighted by Gasteiger charge is 2.39. The molecule has 108 valence electrons. The van der Waals surface area contributed by atoms with E-state index in [9.17, 15) is 4.79 Å². The molecule has 1 atom stereocenters. The van der Waals surface area contributed by atoms with E-state index in [1.807, 2.05) is 6.92 Å². The third-order valence-corrected chi connectivity index (χ3v) is 3.63. The molecule has 1 aliphatic heterocycles. The maximum absolute atomic E-state index is 12.5. The molecule has 0 aliphatic carbocycles. The van der Waals surface area contributed by atoms with Gasteiger partial charge in [0.15, 0.2) is 5.84 Å². The van der Waals surface area contributed by atoms with Crippen LogP contribution in [0.4, 0.5) is 5.69 Å². The molecule has 0 spiro atoms. The van der Waals surface area contributed by atoms with Gasteiger partial charge < -0.3 is 20.6 Å². The van der Waals surface area contributed by atoms with E-state index in [0.717, 1.165) is 18.5 Å². The largest absolute Gasteiger partial charge is 0.409 e. The summed E-state index contributed by atoms with van der Waals surface area (Å²) in [5.74, 6) is -0.0248. The number of nitrogens with zero attached hydrogens (tertiary/aromatic N) is 2. The highest BCUT2D eigenvalue weighted by molar-refractivity contribution is 6.00. The van der Waals surface area contributed by atoms with E-state index in [-0.39, 0.29) is 11.7 Å². The molecule has 20 heavy (non-hydrogen) atoms. The summed E-state index contributed by atoms with van der Waals surface area (Å²) >= 11 is 0. The number of ether oxygens (including phenoxy) is 1. The van der Waals surface area contributed by atoms with Crippen LogP contribution < -0.4 is 10.6 Å². The smallest absolute Gasteiger partial charge is 0.258 e. The lowest BCUT2D eigenvalue weighted by Gasteiger charge is -2.28. The maximum Gasteiger partial charge on any atom is 0.258 e. The molecule has 6 heteroatoms. The van der Waals surface area contributed by atoms with Crippen LogP contribution in [0.5, 0.6) is 0 Å². The SMILES string of the molecule is CN(C(=O)C1(C)CCCO1)c1ccc(/C(N)=N/O)cc1. The van der Waals surface area contributed by atoms with Crippen LogP contribution in [0.25, 0.3) is 0 Å². The van der Waals surface area contributed by atoms with E-state index < -0.39 is 5.60 Å². The third kappa shape index (κ3) is 2.60. The van der Waals surface area contributed by atoms with Gasteiger partial charge in [0.05, 0.1) is 0 Å². The van der Waals surface area contributed by atoms with Crippen molar-refractivity contribution in [2.45, 2.75) is 25.4 Å². The summed E-state index contributed by atoms with van der Waals surface area (Å²) in [6, 6.07) is 6.91. The zero-order chi connectivity index (χ0) is 14.8. The molecule has 1 aromatic rings. The molecule has 0 radical (unpaired) electrons. The molecule has 1 aliphatic rings. The van der Waals surface area contributed by atoms with Gasteiger partial charge in [-0.1, -0.05) is 5.16 Å². The number of oxime groups is 1. The van der Waals surface area contributed by atoms with Crippen LogP contribution in [0, 0.1) is 0 Å². The molecule has 0 saturated carbocycles. The summed E-state index contributed by atoms with van der Waals surface area (Å²) < 4.78 is 5.56. The second-order valence-corrected chi connectivity index (χ2v) is 5.08. The molecule has 6 nitrogen and oxygen atoms in total. The van der Waals surface area contributed by atoms with Crippen molar-refractivity contribution in [1.82, 2.24) is 0 Å². The molecule has 1 amide bonds. The summed E-state index contributed by atoms with van der Waals surface area (Å²) in [7, 11) is 1.72. The summed E-state index contributed by atoms with van der Waals surface area (Å²) in [6.07, 6.45) is 1.64. The lowest BCUT2D eigenvalue weighted by Crippen LogP contribution is -2.45. The van der Waals surface area contributed by atoms with Crippen LogP contribution in [0.1, 0.15) is 25.3 Å². The zero-order valence-electron chi connectivity index (χ0n) is 11.7. The Labute approximate surface area is 117 Å². The molecular formula is C14H19N3O3. The van der Waals surface area contributed by atoms with Gasteiger partial charge in [0.25, 0.3) is 5.91 Å². The number of anilines is 1. The van der Waals surface area contributed by atoms with E-state index in [1.54, 1.807) is 36.2 Å². The molecule has 1 saturated heterocycles. The van der Waals surface area contributed by atoms with Gasteiger partial charge in [-0.05, 0) is 44.0 Å². The van der Waals surface area contributed by atoms with Crippen molar-refractivity contribution in [2.24, 2.45) is 10.9 Å². The van der Waals surface area contributed by atoms with Crippen LogP contribution in [0.15, 0.2) is 29.4 Å². The van der Waals surface area contributed by atoms with Crippen LogP contribution in [-0.4, -0.2) is 36.2 Å². The quantitative estimate of drug-likeness (QED) is 0.377. The fourth-order valence-corrected chi connectivity index (χ4v) is 2.33. The van der Waals surface area contributed by atoms with Gasteiger partial charge in [0.2, 0.25) is 0 Å². The van der Waals surface area contributed by atoms with Crippen molar-refractivity contribution < 1.29 is 14.7 Å². The Morgan fingerprint density at radius 1 is 1.45 bits per heavy atom. The number of rotatable bonds is 3. The van der Waals surface area contributed by atoms with Gasteiger partial charge >= 0.3 is 0 Å². The number of amidine groups is 1. The monoisotopic (exact) mass is 277 g/mol. The number of nitrogens with two attached hydrogens (primary N) is 1. The van der Waals surface area contributed by atoms with Crippen molar-refractivity contribution in [3.8, 4) is 0 Å². The number of hydrogen-bond donors (Lipinski definition) is 2. The molecule has 1 unspecified atom stereocenters. The number of benzene rings is 1. The van der Waals surface area contributed by atoms with Crippen molar-refractivity contribution in [2.75, 3.05) is 18.6 Å². The fourth-order valence-electron chi connectivity index (χ4n) is 2.33. The van der Waals surface area contributed by atoms with Gasteiger partial charge in [-0.2, -0.15) is 0 Å². The van der Waals surface area contributed by atoms with Crippen molar-refractivity contribution in [3.05, 3.63) is 29.8 Å². The first-order valence-corrected chi connectivity index (χ1v) is 6.48. The minimum Gasteiger partial charge on any atom is -0.409 e. The number of likely N-dealkylation sites (N-methyl/N-ethyl adjacent to an activating group) is 1. The molecule has 2 rings (SSSR count). The van der Waals surface area contributed by atoms with Gasteiger partial charge in [-0.3, -0.25) is 4.79 Å². The van der Waals surface area contributed by atoms with Crippen molar-refractivity contribution in [1.29, 1.82) is 0 Å². The Balaban J connectivity index is 2.17. The highest BCUT2D eigenvalue weighted by Crippen LogP contribution is 2.28. The van der Waals surface area contributed by atoms with Crippen LogP contribution in [0.2, 0.25) is 0 Å². The first-order valence-electron chi connectivity index (χ1n) is 6.48. The minimum absolute atomic E-state index is 0.0385. The van der Waals surface area contributed by atoms with Crippen LogP contribution in [-0.2, 0) is 9.53 Å². The van der Waals surface area contributed by atoms with E-state index in [1.165, 1.54) is 0 Å². The predicted molar refractivity (Wildman–Crippen MR) is 76.0 cm³/mol. The van der Waals surface area contributed by atoms with Crippen molar-refractivity contribution in [3.63, 3.8) is 0 Å². The van der Waals surface area contributed by atoms with Gasteiger partial charge in [-0.25, -0.2) is 0 Å². The minimum atomic E-state index is -0.737. The molecule has 0 aromatic heterocycles. The maximum atomic E-state index is 12.5. The molecule has 0 bridgehead atoms. The fraction of sp³-hybridized carbons (Fsp3) is 0.429. The Morgan fingerprint density at radius 3 is 2.60 bits per heavy atom.